The zero-order valence-corrected chi connectivity index (χ0v) is 11.8. The van der Waals surface area contributed by atoms with Crippen LogP contribution in [0.1, 0.15) is 24.5 Å². The molecule has 0 aromatic carbocycles. The van der Waals surface area contributed by atoms with Crippen LogP contribution in [0.15, 0.2) is 18.5 Å². The lowest BCUT2D eigenvalue weighted by atomic mass is 10.3. The van der Waals surface area contributed by atoms with Gasteiger partial charge in [-0.2, -0.15) is 0 Å². The van der Waals surface area contributed by atoms with E-state index in [0.717, 1.165) is 22.7 Å². The highest BCUT2D eigenvalue weighted by molar-refractivity contribution is 7.71. The van der Waals surface area contributed by atoms with Crippen molar-refractivity contribution in [3.63, 3.8) is 0 Å². The Morgan fingerprint density at radius 2 is 2.16 bits per heavy atom. The topological polar surface area (TPSA) is 64.3 Å². The van der Waals surface area contributed by atoms with Crippen molar-refractivity contribution in [2.24, 2.45) is 7.05 Å². The minimum absolute atomic E-state index is 0.0250. The fourth-order valence-electron chi connectivity index (χ4n) is 2.24. The summed E-state index contributed by atoms with van der Waals surface area (Å²) in [5.41, 5.74) is 2.74. The van der Waals surface area contributed by atoms with Crippen LogP contribution in [-0.2, 0) is 7.05 Å². The maximum atomic E-state index is 5.40. The fraction of sp³-hybridized carbons (Fsp3) is 0.333. The number of H-pyrrole nitrogens is 1. The van der Waals surface area contributed by atoms with E-state index in [1.807, 2.05) is 42.2 Å². The number of aromatic amines is 1. The number of nitrogens with zero attached hydrogens (tertiary/aromatic N) is 5. The van der Waals surface area contributed by atoms with Gasteiger partial charge in [0.1, 0.15) is 6.33 Å². The van der Waals surface area contributed by atoms with Crippen LogP contribution in [0.4, 0.5) is 0 Å². The van der Waals surface area contributed by atoms with E-state index in [-0.39, 0.29) is 6.04 Å². The first-order chi connectivity index (χ1) is 9.08. The lowest BCUT2D eigenvalue weighted by Gasteiger charge is -2.13. The summed E-state index contributed by atoms with van der Waals surface area (Å²) in [4.78, 5) is 7.74. The normalized spacial score (nSPS) is 13.0. The lowest BCUT2D eigenvalue weighted by Crippen LogP contribution is -2.12. The molecule has 3 heterocycles. The van der Waals surface area contributed by atoms with Crippen LogP contribution >= 0.6 is 12.2 Å². The molecular weight excluding hydrogens is 260 g/mol. The van der Waals surface area contributed by atoms with Crippen molar-refractivity contribution in [2.45, 2.75) is 19.9 Å². The van der Waals surface area contributed by atoms with E-state index in [0.29, 0.717) is 4.77 Å². The Labute approximate surface area is 115 Å². The largest absolute Gasteiger partial charge is 0.329 e. The monoisotopic (exact) mass is 274 g/mol. The van der Waals surface area contributed by atoms with Gasteiger partial charge in [-0.05, 0) is 38.2 Å². The SMILES string of the molecule is Cc1ccc2[nH]c(=S)n(C(C)c3nncn3C)c2n1. The number of nitrogens with one attached hydrogen (secondary N) is 1. The van der Waals surface area contributed by atoms with E-state index in [9.17, 15) is 0 Å². The van der Waals surface area contributed by atoms with Gasteiger partial charge in [0.25, 0.3) is 0 Å². The Hall–Kier alpha value is -2.02. The predicted octanol–water partition coefficient (Wildman–Crippen LogP) is 2.14. The molecule has 6 nitrogen and oxygen atoms in total. The fourth-order valence-corrected chi connectivity index (χ4v) is 2.60. The number of aromatic nitrogens is 6. The molecule has 3 aromatic heterocycles. The van der Waals surface area contributed by atoms with Crippen molar-refractivity contribution >= 4 is 23.4 Å². The average Bonchev–Trinajstić information content (AvgIpc) is 2.91. The Bertz CT molecular complexity index is 796. The van der Waals surface area contributed by atoms with Crippen LogP contribution in [0.2, 0.25) is 0 Å². The van der Waals surface area contributed by atoms with Gasteiger partial charge in [-0.15, -0.1) is 10.2 Å². The van der Waals surface area contributed by atoms with E-state index >= 15 is 0 Å². The summed E-state index contributed by atoms with van der Waals surface area (Å²) in [6, 6.07) is 3.93. The molecule has 0 bridgehead atoms. The summed E-state index contributed by atoms with van der Waals surface area (Å²) in [6.45, 7) is 4.00. The third-order valence-electron chi connectivity index (χ3n) is 3.21. The number of hydrogen-bond acceptors (Lipinski definition) is 4. The van der Waals surface area contributed by atoms with Gasteiger partial charge in [0.15, 0.2) is 16.2 Å². The zero-order chi connectivity index (χ0) is 13.6. The van der Waals surface area contributed by atoms with E-state index in [2.05, 4.69) is 20.2 Å². The Balaban J connectivity index is 2.25. The minimum Gasteiger partial charge on any atom is -0.329 e. The van der Waals surface area contributed by atoms with Gasteiger partial charge in [0.2, 0.25) is 0 Å². The third kappa shape index (κ3) is 1.86. The molecule has 0 spiro atoms. The van der Waals surface area contributed by atoms with Gasteiger partial charge in [-0.25, -0.2) is 4.98 Å². The van der Waals surface area contributed by atoms with Gasteiger partial charge in [0.05, 0.1) is 11.6 Å². The van der Waals surface area contributed by atoms with Crippen LogP contribution < -0.4 is 0 Å². The molecule has 0 radical (unpaired) electrons. The maximum Gasteiger partial charge on any atom is 0.179 e. The number of hydrogen-bond donors (Lipinski definition) is 1. The quantitative estimate of drug-likeness (QED) is 0.727. The molecule has 3 rings (SSSR count). The lowest BCUT2D eigenvalue weighted by molar-refractivity contribution is 0.578. The van der Waals surface area contributed by atoms with Crippen molar-refractivity contribution in [3.05, 3.63) is 34.7 Å². The highest BCUT2D eigenvalue weighted by atomic mass is 32.1. The summed E-state index contributed by atoms with van der Waals surface area (Å²) in [5.74, 6) is 0.848. The molecule has 1 N–H and O–H groups in total. The molecule has 0 fully saturated rings. The standard InChI is InChI=1S/C12H14N6S/c1-7-4-5-9-11(14-7)18(12(19)15-9)8(2)10-16-13-6-17(10)3/h4-6,8H,1-3H3,(H,15,19). The molecule has 19 heavy (non-hydrogen) atoms. The molecule has 0 aliphatic rings. The van der Waals surface area contributed by atoms with Gasteiger partial charge in [0, 0.05) is 12.7 Å². The molecule has 0 aliphatic heterocycles. The number of aryl methyl sites for hydroxylation is 2. The highest BCUT2D eigenvalue weighted by Crippen LogP contribution is 2.21. The predicted molar refractivity (Wildman–Crippen MR) is 74.5 cm³/mol. The van der Waals surface area contributed by atoms with E-state index < -0.39 is 0 Å². The second-order valence-corrected chi connectivity index (χ2v) is 4.99. The minimum atomic E-state index is -0.0250. The average molecular weight is 274 g/mol. The van der Waals surface area contributed by atoms with Crippen LogP contribution in [0.3, 0.4) is 0 Å². The number of rotatable bonds is 2. The van der Waals surface area contributed by atoms with Crippen molar-refractivity contribution < 1.29 is 0 Å². The van der Waals surface area contributed by atoms with Crippen LogP contribution in [0.25, 0.3) is 11.2 Å². The smallest absolute Gasteiger partial charge is 0.179 e. The molecule has 0 saturated carbocycles. The van der Waals surface area contributed by atoms with Crippen molar-refractivity contribution in [3.8, 4) is 0 Å². The molecule has 1 atom stereocenters. The summed E-state index contributed by atoms with van der Waals surface area (Å²) in [7, 11) is 1.92. The van der Waals surface area contributed by atoms with Crippen molar-refractivity contribution in [1.82, 2.24) is 29.3 Å². The van der Waals surface area contributed by atoms with Crippen molar-refractivity contribution in [2.75, 3.05) is 0 Å². The van der Waals surface area contributed by atoms with E-state index in [1.165, 1.54) is 0 Å². The van der Waals surface area contributed by atoms with E-state index in [4.69, 9.17) is 12.2 Å². The summed E-state index contributed by atoms with van der Waals surface area (Å²) >= 11 is 5.40. The second kappa shape index (κ2) is 4.27. The van der Waals surface area contributed by atoms with Crippen LogP contribution in [0, 0.1) is 11.7 Å². The number of pyridine rings is 1. The number of imidazole rings is 1. The Morgan fingerprint density at radius 1 is 1.37 bits per heavy atom. The highest BCUT2D eigenvalue weighted by Gasteiger charge is 2.18. The number of fused-ring (bicyclic) bond motifs is 1. The first kappa shape index (κ1) is 12.0. The van der Waals surface area contributed by atoms with Crippen molar-refractivity contribution in [1.29, 1.82) is 0 Å². The second-order valence-electron chi connectivity index (χ2n) is 4.60. The third-order valence-corrected chi connectivity index (χ3v) is 3.51. The molecule has 98 valence electrons. The van der Waals surface area contributed by atoms with Crippen LogP contribution in [0.5, 0.6) is 0 Å². The van der Waals surface area contributed by atoms with Gasteiger partial charge < -0.3 is 9.55 Å². The zero-order valence-electron chi connectivity index (χ0n) is 11.0. The molecule has 0 aliphatic carbocycles. The molecule has 3 aromatic rings. The van der Waals surface area contributed by atoms with Gasteiger partial charge in [-0.1, -0.05) is 0 Å². The van der Waals surface area contributed by atoms with Gasteiger partial charge >= 0.3 is 0 Å². The van der Waals surface area contributed by atoms with Gasteiger partial charge in [-0.3, -0.25) is 4.57 Å². The molecule has 7 heteroatoms. The summed E-state index contributed by atoms with van der Waals surface area (Å²) < 4.78 is 4.51. The van der Waals surface area contributed by atoms with Crippen LogP contribution in [-0.4, -0.2) is 29.3 Å². The summed E-state index contributed by atoms with van der Waals surface area (Å²) in [5, 5.41) is 8.06. The summed E-state index contributed by atoms with van der Waals surface area (Å²) in [6.07, 6.45) is 1.68. The first-order valence-corrected chi connectivity index (χ1v) is 6.40. The molecule has 0 amide bonds. The first-order valence-electron chi connectivity index (χ1n) is 5.99. The Morgan fingerprint density at radius 3 is 2.84 bits per heavy atom. The van der Waals surface area contributed by atoms with E-state index in [1.54, 1.807) is 6.33 Å². The maximum absolute atomic E-state index is 5.40. The molecule has 0 saturated heterocycles. The molecular formula is C12H14N6S. The molecule has 1 unspecified atom stereocenters. The Kier molecular flexibility index (Phi) is 2.70.